The van der Waals surface area contributed by atoms with Gasteiger partial charge < -0.3 is 4.74 Å². The Labute approximate surface area is 122 Å². The molecule has 0 aliphatic heterocycles. The van der Waals surface area contributed by atoms with Crippen molar-refractivity contribution in [2.45, 2.75) is 45.1 Å². The normalized spacial score (nSPS) is 15.3. The molecule has 0 bridgehead atoms. The van der Waals surface area contributed by atoms with Crippen LogP contribution in [0.5, 0.6) is 0 Å². The lowest BCUT2D eigenvalue weighted by Gasteiger charge is -2.20. The standard InChI is InChI=1S/C15H18O6/c1-11-6-5-7-12(10-11)14(16)19-21-20-15(17)18-13-8-3-2-4-9-13/h5-7,10,13H,2-4,8-9H2,1H3. The summed E-state index contributed by atoms with van der Waals surface area (Å²) in [6.45, 7) is 1.84. The monoisotopic (exact) mass is 294 g/mol. The third-order valence-corrected chi connectivity index (χ3v) is 3.28. The molecule has 0 N–H and O–H groups in total. The zero-order valence-electron chi connectivity index (χ0n) is 11.9. The quantitative estimate of drug-likeness (QED) is 0.481. The number of aryl methyl sites for hydroxylation is 1. The molecular formula is C15H18O6. The van der Waals surface area contributed by atoms with Crippen LogP contribution in [0.2, 0.25) is 0 Å². The fourth-order valence-corrected chi connectivity index (χ4v) is 2.23. The van der Waals surface area contributed by atoms with Crippen LogP contribution in [0, 0.1) is 6.92 Å². The lowest BCUT2D eigenvalue weighted by Crippen LogP contribution is -2.22. The van der Waals surface area contributed by atoms with Gasteiger partial charge in [0, 0.05) is 0 Å². The minimum atomic E-state index is -1.00. The van der Waals surface area contributed by atoms with Crippen molar-refractivity contribution in [1.29, 1.82) is 0 Å². The minimum Gasteiger partial charge on any atom is -0.429 e. The molecule has 1 aliphatic carbocycles. The van der Waals surface area contributed by atoms with Crippen molar-refractivity contribution >= 4 is 12.1 Å². The molecule has 1 fully saturated rings. The first-order valence-corrected chi connectivity index (χ1v) is 6.98. The van der Waals surface area contributed by atoms with Crippen molar-refractivity contribution in [2.24, 2.45) is 0 Å². The van der Waals surface area contributed by atoms with Gasteiger partial charge in [0.2, 0.25) is 0 Å². The number of ether oxygens (including phenoxy) is 1. The third-order valence-electron chi connectivity index (χ3n) is 3.28. The molecule has 2 rings (SSSR count). The van der Waals surface area contributed by atoms with E-state index in [9.17, 15) is 9.59 Å². The number of hydrogen-bond donors (Lipinski definition) is 0. The molecule has 0 saturated heterocycles. The molecule has 0 aromatic heterocycles. The fourth-order valence-electron chi connectivity index (χ4n) is 2.23. The smallest absolute Gasteiger partial charge is 0.429 e. The summed E-state index contributed by atoms with van der Waals surface area (Å²) >= 11 is 0. The van der Waals surface area contributed by atoms with Gasteiger partial charge in [0.05, 0.1) is 10.6 Å². The summed E-state index contributed by atoms with van der Waals surface area (Å²) < 4.78 is 5.02. The van der Waals surface area contributed by atoms with Crippen LogP contribution in [0.1, 0.15) is 48.0 Å². The van der Waals surface area contributed by atoms with E-state index in [4.69, 9.17) is 4.74 Å². The number of hydrogen-bond acceptors (Lipinski definition) is 6. The van der Waals surface area contributed by atoms with Gasteiger partial charge in [0.1, 0.15) is 6.10 Å². The lowest BCUT2D eigenvalue weighted by molar-refractivity contribution is -0.453. The van der Waals surface area contributed by atoms with E-state index in [-0.39, 0.29) is 6.10 Å². The van der Waals surface area contributed by atoms with Crippen molar-refractivity contribution in [1.82, 2.24) is 0 Å². The van der Waals surface area contributed by atoms with Crippen LogP contribution in [-0.4, -0.2) is 18.2 Å². The second-order valence-corrected chi connectivity index (χ2v) is 5.02. The van der Waals surface area contributed by atoms with Gasteiger partial charge in [-0.2, -0.15) is 0 Å². The summed E-state index contributed by atoms with van der Waals surface area (Å²) in [4.78, 5) is 31.6. The predicted molar refractivity (Wildman–Crippen MR) is 72.1 cm³/mol. The zero-order chi connectivity index (χ0) is 15.1. The first kappa shape index (κ1) is 15.3. The molecule has 6 heteroatoms. The molecule has 0 atom stereocenters. The van der Waals surface area contributed by atoms with E-state index in [2.05, 4.69) is 14.8 Å². The highest BCUT2D eigenvalue weighted by Gasteiger charge is 2.20. The summed E-state index contributed by atoms with van der Waals surface area (Å²) in [5.41, 5.74) is 1.21. The van der Waals surface area contributed by atoms with Crippen LogP contribution < -0.4 is 0 Å². The molecule has 21 heavy (non-hydrogen) atoms. The molecule has 0 unspecified atom stereocenters. The first-order valence-electron chi connectivity index (χ1n) is 6.98. The summed E-state index contributed by atoms with van der Waals surface area (Å²) in [5, 5.41) is 4.17. The molecule has 0 amide bonds. The van der Waals surface area contributed by atoms with Crippen LogP contribution in [0.15, 0.2) is 24.3 Å². The van der Waals surface area contributed by atoms with Gasteiger partial charge in [0.15, 0.2) is 0 Å². The van der Waals surface area contributed by atoms with Gasteiger partial charge in [-0.25, -0.2) is 14.5 Å². The summed E-state index contributed by atoms with van der Waals surface area (Å²) in [5.74, 6) is -0.746. The Morgan fingerprint density at radius 1 is 1.10 bits per heavy atom. The highest BCUT2D eigenvalue weighted by Crippen LogP contribution is 2.20. The molecule has 0 heterocycles. The molecule has 0 spiro atoms. The van der Waals surface area contributed by atoms with Gasteiger partial charge in [0.25, 0.3) is 0 Å². The Morgan fingerprint density at radius 3 is 2.57 bits per heavy atom. The Bertz CT molecular complexity index is 493. The lowest BCUT2D eigenvalue weighted by atomic mass is 9.98. The molecule has 0 radical (unpaired) electrons. The largest absolute Gasteiger partial charge is 0.543 e. The second kappa shape index (κ2) is 7.64. The average Bonchev–Trinajstić information content (AvgIpc) is 2.48. The SMILES string of the molecule is Cc1cccc(C(=O)OOOC(=O)OC2CCCCC2)c1. The molecule has 6 nitrogen and oxygen atoms in total. The van der Waals surface area contributed by atoms with Gasteiger partial charge in [-0.1, -0.05) is 24.1 Å². The molecule has 1 saturated carbocycles. The van der Waals surface area contributed by atoms with E-state index in [0.29, 0.717) is 5.56 Å². The van der Waals surface area contributed by atoms with Crippen molar-refractivity contribution < 1.29 is 29.1 Å². The number of carbonyl (C=O) groups excluding carboxylic acids is 2. The van der Waals surface area contributed by atoms with Crippen LogP contribution in [-0.2, 0) is 19.6 Å². The van der Waals surface area contributed by atoms with E-state index in [0.717, 1.165) is 37.7 Å². The van der Waals surface area contributed by atoms with E-state index in [1.807, 2.05) is 13.0 Å². The first-order chi connectivity index (χ1) is 10.1. The highest BCUT2D eigenvalue weighted by atomic mass is 17.5. The average molecular weight is 294 g/mol. The third kappa shape index (κ3) is 5.07. The number of rotatable bonds is 4. The van der Waals surface area contributed by atoms with Crippen LogP contribution in [0.25, 0.3) is 0 Å². The highest BCUT2D eigenvalue weighted by molar-refractivity contribution is 5.89. The predicted octanol–water partition coefficient (Wildman–Crippen LogP) is 3.48. The maximum Gasteiger partial charge on any atom is 0.543 e. The minimum absolute atomic E-state index is 0.151. The van der Waals surface area contributed by atoms with Crippen LogP contribution >= 0.6 is 0 Å². The molecule has 114 valence electrons. The summed E-state index contributed by atoms with van der Waals surface area (Å²) in [6.07, 6.45) is 3.69. The van der Waals surface area contributed by atoms with Gasteiger partial charge >= 0.3 is 12.1 Å². The molecule has 1 aromatic carbocycles. The Balaban J connectivity index is 1.68. The summed E-state index contributed by atoms with van der Waals surface area (Å²) in [6, 6.07) is 6.75. The number of carbonyl (C=O) groups is 2. The van der Waals surface area contributed by atoms with Crippen LogP contribution in [0.4, 0.5) is 4.79 Å². The Kier molecular flexibility index (Phi) is 5.57. The van der Waals surface area contributed by atoms with Gasteiger partial charge in [-0.15, -0.1) is 0 Å². The van der Waals surface area contributed by atoms with E-state index < -0.39 is 12.1 Å². The van der Waals surface area contributed by atoms with E-state index >= 15 is 0 Å². The van der Waals surface area contributed by atoms with Crippen molar-refractivity contribution in [3.63, 3.8) is 0 Å². The van der Waals surface area contributed by atoms with Crippen molar-refractivity contribution in [3.05, 3.63) is 35.4 Å². The van der Waals surface area contributed by atoms with Crippen molar-refractivity contribution in [2.75, 3.05) is 0 Å². The maximum absolute atomic E-state index is 11.6. The topological polar surface area (TPSA) is 71.1 Å². The van der Waals surface area contributed by atoms with Crippen LogP contribution in [0.3, 0.4) is 0 Å². The Morgan fingerprint density at radius 2 is 1.86 bits per heavy atom. The van der Waals surface area contributed by atoms with Gasteiger partial charge in [-0.05, 0) is 44.7 Å². The van der Waals surface area contributed by atoms with E-state index in [1.165, 1.54) is 0 Å². The summed E-state index contributed by atoms with van der Waals surface area (Å²) in [7, 11) is 0. The number of benzene rings is 1. The fraction of sp³-hybridized carbons (Fsp3) is 0.467. The maximum atomic E-state index is 11.6. The zero-order valence-corrected chi connectivity index (χ0v) is 11.9. The molecule has 1 aliphatic rings. The Hall–Kier alpha value is -2.08. The molecular weight excluding hydrogens is 276 g/mol. The van der Waals surface area contributed by atoms with Gasteiger partial charge in [-0.3, -0.25) is 4.89 Å². The second-order valence-electron chi connectivity index (χ2n) is 5.02. The van der Waals surface area contributed by atoms with E-state index in [1.54, 1.807) is 18.2 Å². The van der Waals surface area contributed by atoms with Crippen molar-refractivity contribution in [3.8, 4) is 0 Å². The molecule has 1 aromatic rings.